The molecular weight excluding hydrogens is 305 g/mol. The molecule has 4 rings (SSSR count). The van der Waals surface area contributed by atoms with Gasteiger partial charge in [0.05, 0.1) is 23.6 Å². The minimum atomic E-state index is -0.255. The number of nitrogens with zero attached hydrogens (tertiary/aromatic N) is 2. The van der Waals surface area contributed by atoms with E-state index in [1.807, 2.05) is 10.9 Å². The van der Waals surface area contributed by atoms with Crippen LogP contribution in [0.2, 0.25) is 0 Å². The van der Waals surface area contributed by atoms with Crippen LogP contribution in [0, 0.1) is 17.2 Å². The van der Waals surface area contributed by atoms with Crippen LogP contribution < -0.4 is 5.32 Å². The monoisotopic (exact) mass is 327 g/mol. The molecule has 0 spiro atoms. The smallest absolute Gasteiger partial charge is 0.223 e. The number of benzene rings is 1. The standard InChI is InChI=1S/C19H22FN3O/c1-19(2)9-16(22-18(24)12-3-4-12)15-11-21-23(17(15)10-19)14-7-5-13(20)6-8-14/h5-8,11-12,16H,3-4,9-10H2,1-2H3,(H,22,24). The molecule has 1 heterocycles. The summed E-state index contributed by atoms with van der Waals surface area (Å²) in [5.41, 5.74) is 3.13. The first-order chi connectivity index (χ1) is 11.4. The van der Waals surface area contributed by atoms with Crippen molar-refractivity contribution in [2.45, 2.75) is 45.6 Å². The summed E-state index contributed by atoms with van der Waals surface area (Å²) in [7, 11) is 0. The van der Waals surface area contributed by atoms with Crippen molar-refractivity contribution in [3.05, 3.63) is 47.5 Å². The van der Waals surface area contributed by atoms with E-state index in [0.29, 0.717) is 0 Å². The van der Waals surface area contributed by atoms with E-state index < -0.39 is 0 Å². The van der Waals surface area contributed by atoms with Gasteiger partial charge in [0.2, 0.25) is 5.91 Å². The van der Waals surface area contributed by atoms with Gasteiger partial charge in [-0.05, 0) is 55.4 Å². The largest absolute Gasteiger partial charge is 0.349 e. The van der Waals surface area contributed by atoms with Gasteiger partial charge in [-0.3, -0.25) is 4.79 Å². The van der Waals surface area contributed by atoms with E-state index in [-0.39, 0.29) is 29.1 Å². The number of hydrogen-bond donors (Lipinski definition) is 1. The molecule has 2 aliphatic carbocycles. The molecule has 0 radical (unpaired) electrons. The van der Waals surface area contributed by atoms with Gasteiger partial charge in [0.25, 0.3) is 0 Å². The third-order valence-corrected chi connectivity index (χ3v) is 5.02. The third-order valence-electron chi connectivity index (χ3n) is 5.02. The first kappa shape index (κ1) is 15.4. The molecule has 1 aromatic carbocycles. The molecule has 4 nitrogen and oxygen atoms in total. The lowest BCUT2D eigenvalue weighted by molar-refractivity contribution is -0.123. The molecule has 1 amide bonds. The summed E-state index contributed by atoms with van der Waals surface area (Å²) in [6.07, 6.45) is 5.65. The highest BCUT2D eigenvalue weighted by Gasteiger charge is 2.38. The Morgan fingerprint density at radius 2 is 2.00 bits per heavy atom. The van der Waals surface area contributed by atoms with Crippen LogP contribution >= 0.6 is 0 Å². The molecule has 1 saturated carbocycles. The van der Waals surface area contributed by atoms with E-state index in [1.165, 1.54) is 12.1 Å². The Morgan fingerprint density at radius 1 is 1.29 bits per heavy atom. The number of carbonyl (C=O) groups excluding carboxylic acids is 1. The van der Waals surface area contributed by atoms with Crippen molar-refractivity contribution in [3.63, 3.8) is 0 Å². The maximum absolute atomic E-state index is 13.2. The van der Waals surface area contributed by atoms with Crippen LogP contribution in [0.3, 0.4) is 0 Å². The van der Waals surface area contributed by atoms with Gasteiger partial charge in [-0.25, -0.2) is 9.07 Å². The average Bonchev–Trinajstić information content (AvgIpc) is 3.29. The van der Waals surface area contributed by atoms with Crippen LogP contribution in [0.5, 0.6) is 0 Å². The number of amides is 1. The highest BCUT2D eigenvalue weighted by Crippen LogP contribution is 2.42. The molecule has 1 atom stereocenters. The maximum atomic E-state index is 13.2. The minimum absolute atomic E-state index is 0.00560. The molecule has 2 aliphatic rings. The summed E-state index contributed by atoms with van der Waals surface area (Å²) >= 11 is 0. The summed E-state index contributed by atoms with van der Waals surface area (Å²) in [6.45, 7) is 4.43. The number of nitrogens with one attached hydrogen (secondary N) is 1. The minimum Gasteiger partial charge on any atom is -0.349 e. The molecule has 1 aromatic heterocycles. The fraction of sp³-hybridized carbons (Fsp3) is 0.474. The van der Waals surface area contributed by atoms with Crippen LogP contribution in [-0.2, 0) is 11.2 Å². The Labute approximate surface area is 141 Å². The molecule has 24 heavy (non-hydrogen) atoms. The average molecular weight is 327 g/mol. The summed E-state index contributed by atoms with van der Waals surface area (Å²) < 4.78 is 15.1. The number of aromatic nitrogens is 2. The number of hydrogen-bond acceptors (Lipinski definition) is 2. The molecule has 0 bridgehead atoms. The van der Waals surface area contributed by atoms with Gasteiger partial charge in [0.15, 0.2) is 0 Å². The first-order valence-corrected chi connectivity index (χ1v) is 8.56. The van der Waals surface area contributed by atoms with Crippen molar-refractivity contribution < 1.29 is 9.18 Å². The molecule has 0 saturated heterocycles. The van der Waals surface area contributed by atoms with Crippen LogP contribution in [0.25, 0.3) is 5.69 Å². The Hall–Kier alpha value is -2.17. The summed E-state index contributed by atoms with van der Waals surface area (Å²) in [4.78, 5) is 12.2. The van der Waals surface area contributed by atoms with E-state index in [1.54, 1.807) is 12.1 Å². The Morgan fingerprint density at radius 3 is 2.67 bits per heavy atom. The molecule has 5 heteroatoms. The van der Waals surface area contributed by atoms with Crippen LogP contribution in [-0.4, -0.2) is 15.7 Å². The van der Waals surface area contributed by atoms with E-state index >= 15 is 0 Å². The van der Waals surface area contributed by atoms with Crippen molar-refractivity contribution in [1.82, 2.24) is 15.1 Å². The zero-order valence-corrected chi connectivity index (χ0v) is 14.1. The van der Waals surface area contributed by atoms with Crippen molar-refractivity contribution in [2.24, 2.45) is 11.3 Å². The second-order valence-electron chi connectivity index (χ2n) is 7.82. The van der Waals surface area contributed by atoms with Gasteiger partial charge in [-0.1, -0.05) is 13.8 Å². The number of carbonyl (C=O) groups is 1. The van der Waals surface area contributed by atoms with Crippen molar-refractivity contribution >= 4 is 5.91 Å². The summed E-state index contributed by atoms with van der Waals surface area (Å²) in [6, 6.07) is 6.38. The Bertz CT molecular complexity index is 774. The predicted octanol–water partition coefficient (Wildman–Crippen LogP) is 3.55. The van der Waals surface area contributed by atoms with Crippen molar-refractivity contribution in [3.8, 4) is 5.69 Å². The van der Waals surface area contributed by atoms with Gasteiger partial charge < -0.3 is 5.32 Å². The highest BCUT2D eigenvalue weighted by atomic mass is 19.1. The quantitative estimate of drug-likeness (QED) is 0.937. The summed E-state index contributed by atoms with van der Waals surface area (Å²) in [5, 5.41) is 7.74. The van der Waals surface area contributed by atoms with Crippen LogP contribution in [0.1, 0.15) is 50.4 Å². The van der Waals surface area contributed by atoms with Gasteiger partial charge in [-0.15, -0.1) is 0 Å². The van der Waals surface area contributed by atoms with E-state index in [4.69, 9.17) is 0 Å². The fourth-order valence-electron chi connectivity index (χ4n) is 3.61. The lowest BCUT2D eigenvalue weighted by atomic mass is 9.74. The molecule has 126 valence electrons. The first-order valence-electron chi connectivity index (χ1n) is 8.56. The van der Waals surface area contributed by atoms with E-state index in [0.717, 1.165) is 42.6 Å². The molecule has 1 N–H and O–H groups in total. The normalized spacial score (nSPS) is 22.0. The van der Waals surface area contributed by atoms with E-state index in [9.17, 15) is 9.18 Å². The fourth-order valence-corrected chi connectivity index (χ4v) is 3.61. The number of halogens is 1. The lowest BCUT2D eigenvalue weighted by Crippen LogP contribution is -2.37. The third kappa shape index (κ3) is 2.83. The SMILES string of the molecule is CC1(C)Cc2c(cnn2-c2ccc(F)cc2)C(NC(=O)C2CC2)C1. The predicted molar refractivity (Wildman–Crippen MR) is 89.2 cm³/mol. The Kier molecular flexibility index (Phi) is 3.48. The number of fused-ring (bicyclic) bond motifs is 1. The second kappa shape index (κ2) is 5.43. The summed E-state index contributed by atoms with van der Waals surface area (Å²) in [5.74, 6) is 0.110. The van der Waals surface area contributed by atoms with Gasteiger partial charge in [0.1, 0.15) is 5.82 Å². The molecule has 0 aliphatic heterocycles. The Balaban J connectivity index is 1.70. The zero-order chi connectivity index (χ0) is 16.9. The van der Waals surface area contributed by atoms with Crippen LogP contribution in [0.4, 0.5) is 4.39 Å². The molecular formula is C19H22FN3O. The molecule has 2 aromatic rings. The highest BCUT2D eigenvalue weighted by molar-refractivity contribution is 5.81. The topological polar surface area (TPSA) is 46.9 Å². The van der Waals surface area contributed by atoms with Gasteiger partial charge in [0, 0.05) is 11.5 Å². The lowest BCUT2D eigenvalue weighted by Gasteiger charge is -2.36. The van der Waals surface area contributed by atoms with Gasteiger partial charge in [-0.2, -0.15) is 5.10 Å². The number of rotatable bonds is 3. The van der Waals surface area contributed by atoms with Crippen molar-refractivity contribution in [1.29, 1.82) is 0 Å². The molecule has 1 unspecified atom stereocenters. The zero-order valence-electron chi connectivity index (χ0n) is 14.1. The van der Waals surface area contributed by atoms with Crippen molar-refractivity contribution in [2.75, 3.05) is 0 Å². The van der Waals surface area contributed by atoms with Gasteiger partial charge >= 0.3 is 0 Å². The second-order valence-corrected chi connectivity index (χ2v) is 7.82. The molecule has 1 fully saturated rings. The van der Waals surface area contributed by atoms with Crippen LogP contribution in [0.15, 0.2) is 30.5 Å². The van der Waals surface area contributed by atoms with E-state index in [2.05, 4.69) is 24.3 Å². The maximum Gasteiger partial charge on any atom is 0.223 e.